The second-order valence-corrected chi connectivity index (χ2v) is 6.09. The van der Waals surface area contributed by atoms with E-state index in [-0.39, 0.29) is 0 Å². The number of hydrogen-bond acceptors (Lipinski definition) is 3. The molecule has 0 saturated carbocycles. The molecule has 2 amide bonds. The fourth-order valence-corrected chi connectivity index (χ4v) is 3.04. The lowest BCUT2D eigenvalue weighted by atomic mass is 9.90. The summed E-state index contributed by atoms with van der Waals surface area (Å²) in [5.41, 5.74) is 1.33. The van der Waals surface area contributed by atoms with Crippen molar-refractivity contribution < 1.29 is 9.59 Å². The van der Waals surface area contributed by atoms with Gasteiger partial charge in [0.05, 0.1) is 0 Å². The molecule has 1 aliphatic heterocycles. The van der Waals surface area contributed by atoms with Crippen LogP contribution in [0.1, 0.15) is 18.4 Å². The summed E-state index contributed by atoms with van der Waals surface area (Å²) < 4.78 is 0. The van der Waals surface area contributed by atoms with Crippen LogP contribution < -0.4 is 5.32 Å². The number of carbonyl (C=O) groups is 2. The second kappa shape index (κ2) is 7.73. The molecule has 0 radical (unpaired) electrons. The normalized spacial score (nSPS) is 15.1. The average Bonchev–Trinajstić information content (AvgIpc) is 2.63. The highest BCUT2D eigenvalue weighted by Crippen LogP contribution is 2.21. The first kappa shape index (κ1) is 16.2. The number of carbonyl (C=O) groups excluding carboxylic acids is 2. The number of anilines is 1. The van der Waals surface area contributed by atoms with Gasteiger partial charge in [0.1, 0.15) is 5.82 Å². The fourth-order valence-electron chi connectivity index (χ4n) is 3.04. The van der Waals surface area contributed by atoms with E-state index in [1.54, 1.807) is 29.3 Å². The molecule has 1 N–H and O–H groups in total. The summed E-state index contributed by atoms with van der Waals surface area (Å²) >= 11 is 0. The lowest BCUT2D eigenvalue weighted by Gasteiger charge is -2.31. The van der Waals surface area contributed by atoms with Gasteiger partial charge in [-0.3, -0.25) is 9.59 Å². The minimum absolute atomic E-state index is 0.398. The quantitative estimate of drug-likeness (QED) is 0.883. The van der Waals surface area contributed by atoms with Gasteiger partial charge in [-0.2, -0.15) is 0 Å². The van der Waals surface area contributed by atoms with Gasteiger partial charge in [0.25, 0.3) is 0 Å². The van der Waals surface area contributed by atoms with Gasteiger partial charge < -0.3 is 10.2 Å². The van der Waals surface area contributed by atoms with Gasteiger partial charge >= 0.3 is 11.8 Å². The summed E-state index contributed by atoms with van der Waals surface area (Å²) in [5.74, 6) is -0.126. The number of likely N-dealkylation sites (tertiary alicyclic amines) is 1. The number of rotatable bonds is 3. The van der Waals surface area contributed by atoms with E-state index in [0.717, 1.165) is 19.3 Å². The molecule has 0 aliphatic carbocycles. The van der Waals surface area contributed by atoms with Crippen LogP contribution in [-0.4, -0.2) is 34.8 Å². The van der Waals surface area contributed by atoms with Crippen molar-refractivity contribution in [1.29, 1.82) is 0 Å². The van der Waals surface area contributed by atoms with Crippen molar-refractivity contribution in [2.24, 2.45) is 5.92 Å². The molecule has 0 bridgehead atoms. The maximum Gasteiger partial charge on any atom is 0.315 e. The fraction of sp³-hybridized carbons (Fsp3) is 0.316. The molecule has 1 aliphatic rings. The smallest absolute Gasteiger partial charge is 0.315 e. The van der Waals surface area contributed by atoms with E-state index in [2.05, 4.69) is 34.6 Å². The van der Waals surface area contributed by atoms with Gasteiger partial charge in [-0.05, 0) is 42.9 Å². The monoisotopic (exact) mass is 323 g/mol. The predicted octanol–water partition coefficient (Wildman–Crippen LogP) is 2.50. The Morgan fingerprint density at radius 2 is 1.75 bits per heavy atom. The molecular formula is C19H21N3O2. The van der Waals surface area contributed by atoms with Gasteiger partial charge in [0, 0.05) is 19.3 Å². The van der Waals surface area contributed by atoms with Crippen LogP contribution in [0.15, 0.2) is 54.7 Å². The van der Waals surface area contributed by atoms with Crippen molar-refractivity contribution in [3.8, 4) is 0 Å². The molecule has 0 spiro atoms. The SMILES string of the molecule is O=C(Nc1ccccn1)C(=O)N1CCC(Cc2ccccc2)CC1. The molecule has 2 heterocycles. The number of aromatic nitrogens is 1. The molecule has 5 nitrogen and oxygen atoms in total. The Labute approximate surface area is 141 Å². The van der Waals surface area contributed by atoms with Crippen LogP contribution in [0.5, 0.6) is 0 Å². The molecule has 0 atom stereocenters. The highest BCUT2D eigenvalue weighted by Gasteiger charge is 2.27. The van der Waals surface area contributed by atoms with E-state index in [1.807, 2.05) is 6.07 Å². The molecule has 24 heavy (non-hydrogen) atoms. The standard InChI is InChI=1S/C19H21N3O2/c23-18(21-17-8-4-5-11-20-17)19(24)22-12-9-16(10-13-22)14-15-6-2-1-3-7-15/h1-8,11,16H,9-10,12-14H2,(H,20,21,23). The summed E-state index contributed by atoms with van der Waals surface area (Å²) in [5, 5.41) is 2.55. The Hall–Kier alpha value is -2.69. The van der Waals surface area contributed by atoms with Crippen LogP contribution in [0, 0.1) is 5.92 Å². The van der Waals surface area contributed by atoms with Crippen molar-refractivity contribution in [2.45, 2.75) is 19.3 Å². The van der Waals surface area contributed by atoms with Crippen molar-refractivity contribution >= 4 is 17.6 Å². The topological polar surface area (TPSA) is 62.3 Å². The van der Waals surface area contributed by atoms with Gasteiger partial charge in [0.2, 0.25) is 0 Å². The molecule has 3 rings (SSSR count). The van der Waals surface area contributed by atoms with Gasteiger partial charge in [0.15, 0.2) is 0 Å². The van der Waals surface area contributed by atoms with E-state index in [4.69, 9.17) is 0 Å². The number of nitrogens with zero attached hydrogens (tertiary/aromatic N) is 2. The maximum absolute atomic E-state index is 12.3. The summed E-state index contributed by atoms with van der Waals surface area (Å²) in [6, 6.07) is 15.6. The highest BCUT2D eigenvalue weighted by molar-refractivity contribution is 6.39. The zero-order valence-electron chi connectivity index (χ0n) is 13.5. The summed E-state index contributed by atoms with van der Waals surface area (Å²) in [6.07, 6.45) is 4.47. The first-order chi connectivity index (χ1) is 11.7. The van der Waals surface area contributed by atoms with Crippen molar-refractivity contribution in [2.75, 3.05) is 18.4 Å². The zero-order valence-corrected chi connectivity index (χ0v) is 13.5. The Morgan fingerprint density at radius 3 is 2.42 bits per heavy atom. The highest BCUT2D eigenvalue weighted by atomic mass is 16.2. The third kappa shape index (κ3) is 4.19. The minimum atomic E-state index is -0.616. The lowest BCUT2D eigenvalue weighted by Crippen LogP contribution is -2.44. The molecule has 124 valence electrons. The molecule has 1 aromatic heterocycles. The second-order valence-electron chi connectivity index (χ2n) is 6.09. The molecule has 2 aromatic rings. The molecule has 1 fully saturated rings. The van der Waals surface area contributed by atoms with Crippen molar-refractivity contribution in [3.63, 3.8) is 0 Å². The first-order valence-corrected chi connectivity index (χ1v) is 8.27. The van der Waals surface area contributed by atoms with Crippen molar-refractivity contribution in [1.82, 2.24) is 9.88 Å². The lowest BCUT2D eigenvalue weighted by molar-refractivity contribution is -0.144. The Bertz CT molecular complexity index is 680. The summed E-state index contributed by atoms with van der Waals surface area (Å²) in [7, 11) is 0. The summed E-state index contributed by atoms with van der Waals surface area (Å²) in [4.78, 5) is 29.9. The molecular weight excluding hydrogens is 302 g/mol. The van der Waals surface area contributed by atoms with Crippen LogP contribution >= 0.6 is 0 Å². The Balaban J connectivity index is 1.49. The van der Waals surface area contributed by atoms with Crippen LogP contribution in [-0.2, 0) is 16.0 Å². The minimum Gasteiger partial charge on any atom is -0.334 e. The predicted molar refractivity (Wildman–Crippen MR) is 92.3 cm³/mol. The van der Waals surface area contributed by atoms with E-state index in [9.17, 15) is 9.59 Å². The van der Waals surface area contributed by atoms with Crippen LogP contribution in [0.4, 0.5) is 5.82 Å². The first-order valence-electron chi connectivity index (χ1n) is 8.27. The third-order valence-electron chi connectivity index (χ3n) is 4.37. The van der Waals surface area contributed by atoms with Crippen molar-refractivity contribution in [3.05, 3.63) is 60.3 Å². The number of piperidine rings is 1. The average molecular weight is 323 g/mol. The van der Waals surface area contributed by atoms with Gasteiger partial charge in [-0.1, -0.05) is 36.4 Å². The summed E-state index contributed by atoms with van der Waals surface area (Å²) in [6.45, 7) is 1.26. The molecule has 1 aromatic carbocycles. The third-order valence-corrected chi connectivity index (χ3v) is 4.37. The zero-order chi connectivity index (χ0) is 16.8. The van der Waals surface area contributed by atoms with Crippen LogP contribution in [0.2, 0.25) is 0 Å². The molecule has 1 saturated heterocycles. The van der Waals surface area contributed by atoms with E-state index in [0.29, 0.717) is 24.8 Å². The van der Waals surface area contributed by atoms with Crippen LogP contribution in [0.25, 0.3) is 0 Å². The number of pyridine rings is 1. The van der Waals surface area contributed by atoms with Gasteiger partial charge in [-0.25, -0.2) is 4.98 Å². The number of hydrogen-bond donors (Lipinski definition) is 1. The van der Waals surface area contributed by atoms with E-state index >= 15 is 0 Å². The van der Waals surface area contributed by atoms with Crippen LogP contribution in [0.3, 0.4) is 0 Å². The maximum atomic E-state index is 12.3. The Kier molecular flexibility index (Phi) is 5.21. The molecule has 5 heteroatoms. The van der Waals surface area contributed by atoms with E-state index < -0.39 is 11.8 Å². The number of benzene rings is 1. The largest absolute Gasteiger partial charge is 0.334 e. The van der Waals surface area contributed by atoms with Gasteiger partial charge in [-0.15, -0.1) is 0 Å². The Morgan fingerprint density at radius 1 is 1.04 bits per heavy atom. The van der Waals surface area contributed by atoms with E-state index in [1.165, 1.54) is 5.56 Å². The molecule has 0 unspecified atom stereocenters. The number of nitrogens with one attached hydrogen (secondary N) is 1. The number of amides is 2.